The average Bonchev–Trinajstić information content (AvgIpc) is 4.16. The van der Waals surface area contributed by atoms with Gasteiger partial charge in [-0.15, -0.1) is 34.5 Å². The van der Waals surface area contributed by atoms with Gasteiger partial charge in [0.15, 0.2) is 0 Å². The molecular weight excluding hydrogens is 1050 g/mol. The maximum absolute atomic E-state index is 14.5. The second kappa shape index (κ2) is 23.0. The molecule has 0 saturated heterocycles. The highest BCUT2D eigenvalue weighted by molar-refractivity contribution is 7.46. The normalized spacial score (nSPS) is 15.7. The number of anilines is 3. The van der Waals surface area contributed by atoms with Gasteiger partial charge in [0, 0.05) is 92.5 Å². The zero-order valence-electron chi connectivity index (χ0n) is 40.5. The lowest BCUT2D eigenvalue weighted by Crippen LogP contribution is -2.40. The monoisotopic (exact) mass is 1100 g/mol. The van der Waals surface area contributed by atoms with Gasteiger partial charge in [0.25, 0.3) is 11.8 Å². The molecule has 9 N–H and O–H groups in total. The Morgan fingerprint density at radius 2 is 1.20 bits per heavy atom. The summed E-state index contributed by atoms with van der Waals surface area (Å²) in [6.07, 6.45) is -1.07. The van der Waals surface area contributed by atoms with E-state index in [9.17, 15) is 43.1 Å². The molecule has 5 aromatic carbocycles. The number of phosphoric acid groups is 1. The molecule has 2 aliphatic heterocycles. The second-order valence-electron chi connectivity index (χ2n) is 18.1. The van der Waals surface area contributed by atoms with E-state index in [0.29, 0.717) is 38.8 Å². The van der Waals surface area contributed by atoms with Crippen LogP contribution in [0.2, 0.25) is 0 Å². The minimum atomic E-state index is -4.98. The van der Waals surface area contributed by atoms with Crippen LogP contribution >= 0.6 is 42.4 Å². The fourth-order valence-corrected chi connectivity index (χ4v) is 10.9. The molecule has 0 bridgehead atoms. The molecular formula is C51H53Cl2N8O12PS. The molecule has 0 fully saturated rings. The summed E-state index contributed by atoms with van der Waals surface area (Å²) < 4.78 is 28.6. The van der Waals surface area contributed by atoms with E-state index in [4.69, 9.17) is 54.4 Å². The highest BCUT2D eigenvalue weighted by Crippen LogP contribution is 2.50. The van der Waals surface area contributed by atoms with Gasteiger partial charge in [0.05, 0.1) is 33.2 Å². The van der Waals surface area contributed by atoms with Crippen molar-refractivity contribution < 1.29 is 57.1 Å². The largest absolute Gasteiger partial charge is 0.524 e. The lowest BCUT2D eigenvalue weighted by atomic mass is 9.95. The van der Waals surface area contributed by atoms with Gasteiger partial charge in [-0.1, -0.05) is 60.7 Å². The number of phosphoric ester groups is 1. The molecule has 6 amide bonds. The van der Waals surface area contributed by atoms with Crippen LogP contribution in [0.4, 0.5) is 26.7 Å². The van der Waals surface area contributed by atoms with E-state index in [1.807, 2.05) is 12.1 Å². The second-order valence-corrected chi connectivity index (χ2v) is 21.0. The first-order valence-corrected chi connectivity index (χ1v) is 26.9. The molecule has 0 radical (unpaired) electrons. The number of nitrogens with one attached hydrogen (secondary N) is 1. The van der Waals surface area contributed by atoms with Crippen LogP contribution in [-0.2, 0) is 25.5 Å². The maximum Gasteiger partial charge on any atom is 0.524 e. The highest BCUT2D eigenvalue weighted by Gasteiger charge is 2.39. The van der Waals surface area contributed by atoms with Crippen LogP contribution in [0.5, 0.6) is 11.5 Å². The minimum Gasteiger partial charge on any atom is -0.445 e. The third kappa shape index (κ3) is 12.0. The summed E-state index contributed by atoms with van der Waals surface area (Å²) in [5.74, 6) is -2.21. The number of rotatable bonds is 18. The fraction of sp³-hybridized carbons (Fsp3) is 0.294. The van der Waals surface area contributed by atoms with E-state index in [0.717, 1.165) is 27.8 Å². The van der Waals surface area contributed by atoms with Crippen molar-refractivity contribution in [3.05, 3.63) is 124 Å². The van der Waals surface area contributed by atoms with E-state index in [1.165, 1.54) is 34.9 Å². The highest BCUT2D eigenvalue weighted by atomic mass is 35.5. The molecule has 20 nitrogen and oxygen atoms in total. The molecule has 24 heteroatoms. The van der Waals surface area contributed by atoms with Crippen molar-refractivity contribution in [1.29, 1.82) is 0 Å². The Labute approximate surface area is 444 Å². The number of amides is 6. The third-order valence-electron chi connectivity index (χ3n) is 13.0. The predicted octanol–water partition coefficient (Wildman–Crippen LogP) is 7.05. The summed E-state index contributed by atoms with van der Waals surface area (Å²) >= 11 is 14.0. The van der Waals surface area contributed by atoms with Crippen LogP contribution in [0, 0.1) is 0 Å². The molecule has 2 unspecified atom stereocenters. The van der Waals surface area contributed by atoms with Gasteiger partial charge in [-0.05, 0) is 64.6 Å². The Hall–Kier alpha value is -6.81. The molecule has 1 aromatic heterocycles. The summed E-state index contributed by atoms with van der Waals surface area (Å²) in [6, 6.07) is 25.2. The molecule has 2 aliphatic rings. The van der Waals surface area contributed by atoms with Crippen LogP contribution < -0.4 is 41.6 Å². The number of likely N-dealkylation sites (N-methyl/N-ethyl adjacent to an activating group) is 2. The maximum atomic E-state index is 14.5. The zero-order valence-corrected chi connectivity index (χ0v) is 43.7. The van der Waals surface area contributed by atoms with Gasteiger partial charge < -0.3 is 56.1 Å². The number of carbonyl (C=O) groups is 6. The number of nitrogens with two attached hydrogens (primary N) is 3. The van der Waals surface area contributed by atoms with E-state index in [1.54, 1.807) is 83.8 Å². The van der Waals surface area contributed by atoms with Crippen LogP contribution in [-0.4, -0.2) is 120 Å². The Balaban J connectivity index is 0.914. The number of hydrogen-bond donors (Lipinski definition) is 6. The van der Waals surface area contributed by atoms with Crippen molar-refractivity contribution >= 4 is 117 Å². The summed E-state index contributed by atoms with van der Waals surface area (Å²) in [7, 11) is -1.95. The number of benzene rings is 5. The molecule has 394 valence electrons. The van der Waals surface area contributed by atoms with Gasteiger partial charge in [-0.3, -0.25) is 29.0 Å². The number of nitrogens with zero attached hydrogens (tertiary/aromatic N) is 4. The van der Waals surface area contributed by atoms with Crippen molar-refractivity contribution in [1.82, 2.24) is 9.80 Å². The van der Waals surface area contributed by atoms with E-state index >= 15 is 0 Å². The molecule has 4 atom stereocenters. The number of ether oxygens (including phenoxy) is 2. The predicted molar refractivity (Wildman–Crippen MR) is 286 cm³/mol. The van der Waals surface area contributed by atoms with Crippen LogP contribution in [0.25, 0.3) is 21.5 Å². The summed E-state index contributed by atoms with van der Waals surface area (Å²) in [6.45, 7) is 0.435. The van der Waals surface area contributed by atoms with Crippen molar-refractivity contribution in [2.75, 3.05) is 67.2 Å². The Morgan fingerprint density at radius 1 is 0.720 bits per heavy atom. The molecule has 0 aliphatic carbocycles. The number of alkyl halides is 2. The first kappa shape index (κ1) is 54.5. The van der Waals surface area contributed by atoms with Crippen molar-refractivity contribution in [2.45, 2.75) is 43.4 Å². The van der Waals surface area contributed by atoms with Crippen LogP contribution in [0.3, 0.4) is 0 Å². The molecule has 3 heterocycles. The molecule has 0 spiro atoms. The zero-order chi connectivity index (χ0) is 53.9. The van der Waals surface area contributed by atoms with Crippen LogP contribution in [0.15, 0.2) is 97.1 Å². The third-order valence-corrected chi connectivity index (χ3v) is 15.3. The summed E-state index contributed by atoms with van der Waals surface area (Å²) in [5.41, 5.74) is 20.2. The Kier molecular flexibility index (Phi) is 16.7. The number of thiophene rings is 1. The topological polar surface area (TPSA) is 291 Å². The fourth-order valence-electron chi connectivity index (χ4n) is 9.05. The lowest BCUT2D eigenvalue weighted by molar-refractivity contribution is -0.120. The van der Waals surface area contributed by atoms with Gasteiger partial charge in [0.2, 0.25) is 11.8 Å². The quantitative estimate of drug-likeness (QED) is 0.0372. The van der Waals surface area contributed by atoms with E-state index in [2.05, 4.69) is 5.32 Å². The molecule has 0 saturated carbocycles. The summed E-state index contributed by atoms with van der Waals surface area (Å²) in [4.78, 5) is 105. The lowest BCUT2D eigenvalue weighted by Gasteiger charge is -2.23. The SMILES string of the molecule is CN(CCN(C)C(=O)Oc1cc2c(c3ccccc13)[C@H](CCl)CN2C(=O)c1ccc(C(=O)N2C[C@@H](CCl)c3c2cc(OP(=O)(O)O)c2ccccc32)s1)C(=O)OCc1ccc(NC(=O)C(N)CCC(N)C(N)=O)cc1. The van der Waals surface area contributed by atoms with Crippen LogP contribution in [0.1, 0.15) is 60.7 Å². The number of fused-ring (bicyclic) bond motifs is 6. The standard InChI is InChI=1S/C51H53Cl2N8O12PS/c1-58(50(66)71-27-28-11-13-31(14-12-28)57-47(63)37(55)16-15-36(54)46(56)62)19-20-59(2)51(67)72-40-21-38-44(34-9-5-3-7-32(34)40)29(23-52)25-60(38)48(64)42-17-18-43(75-42)49(65)61-26-30(24-53)45-35-10-6-4-8-33(35)41(22-39(45)61)73-74(68,69)70/h3-14,17-18,21-22,29-30,36-37H,15-16,19-20,23-27,54-55H2,1-2H3,(H2,56,62)(H,57,63)(H2,68,69,70)/t29-,30-,36?,37?/m1/s1. The minimum absolute atomic E-state index is 0.0607. The summed E-state index contributed by atoms with van der Waals surface area (Å²) in [5, 5.41) is 5.10. The van der Waals surface area contributed by atoms with Gasteiger partial charge in [0.1, 0.15) is 18.1 Å². The number of carbonyl (C=O) groups excluding carboxylic acids is 6. The Morgan fingerprint density at radius 3 is 1.71 bits per heavy atom. The first-order chi connectivity index (χ1) is 35.8. The van der Waals surface area contributed by atoms with Crippen molar-refractivity contribution in [2.24, 2.45) is 17.2 Å². The average molecular weight is 1100 g/mol. The van der Waals surface area contributed by atoms with Gasteiger partial charge in [-0.2, -0.15) is 0 Å². The smallest absolute Gasteiger partial charge is 0.445 e. The van der Waals surface area contributed by atoms with Gasteiger partial charge in [-0.25, -0.2) is 14.2 Å². The van der Waals surface area contributed by atoms with Gasteiger partial charge >= 0.3 is 20.0 Å². The molecule has 75 heavy (non-hydrogen) atoms. The number of halogens is 2. The number of primary amides is 1. The molecule has 8 rings (SSSR count). The Bertz CT molecular complexity index is 3250. The van der Waals surface area contributed by atoms with Crippen molar-refractivity contribution in [3.8, 4) is 11.5 Å². The first-order valence-electron chi connectivity index (χ1n) is 23.5. The number of hydrogen-bond acceptors (Lipinski definition) is 13. The van der Waals surface area contributed by atoms with Crippen molar-refractivity contribution in [3.63, 3.8) is 0 Å². The van der Waals surface area contributed by atoms with E-state index < -0.39 is 55.7 Å². The molecule has 6 aromatic rings. The van der Waals surface area contributed by atoms with E-state index in [-0.39, 0.29) is 90.5 Å².